The molecule has 2 aliphatic heterocycles. The molecular formula is C44H65ClN10O10. The van der Waals surface area contributed by atoms with Crippen LogP contribution in [0.5, 0.6) is 11.6 Å². The molecule has 3 fully saturated rings. The van der Waals surface area contributed by atoms with E-state index < -0.39 is 0 Å². The summed E-state index contributed by atoms with van der Waals surface area (Å²) in [5.41, 5.74) is 2.35. The number of rotatable bonds is 31. The number of nitrogens with one attached hydrogen (secondary N) is 1. The lowest BCUT2D eigenvalue weighted by Crippen LogP contribution is -2.52. The van der Waals surface area contributed by atoms with E-state index in [0.29, 0.717) is 145 Å². The third-order valence-corrected chi connectivity index (χ3v) is 11.9. The maximum atomic E-state index is 6.51. The monoisotopic (exact) mass is 928 g/mol. The van der Waals surface area contributed by atoms with E-state index in [1.54, 1.807) is 36.6 Å². The molecule has 2 bridgehead atoms. The number of tetrazole rings is 1. The summed E-state index contributed by atoms with van der Waals surface area (Å²) in [4.78, 5) is 12.1. The van der Waals surface area contributed by atoms with Crippen molar-refractivity contribution in [1.29, 1.82) is 0 Å². The number of hydrogen-bond acceptors (Lipinski definition) is 18. The van der Waals surface area contributed by atoms with Crippen molar-refractivity contribution in [2.24, 2.45) is 0 Å². The smallest absolute Gasteiger partial charge is 0.257 e. The molecule has 4 aromatic rings. The second-order valence-corrected chi connectivity index (χ2v) is 16.6. The first-order valence-electron chi connectivity index (χ1n) is 22.8. The van der Waals surface area contributed by atoms with Crippen LogP contribution in [-0.2, 0) is 44.4 Å². The van der Waals surface area contributed by atoms with Crippen molar-refractivity contribution in [1.82, 2.24) is 44.9 Å². The van der Waals surface area contributed by atoms with Gasteiger partial charge in [0, 0.05) is 43.2 Å². The zero-order chi connectivity index (χ0) is 44.9. The second kappa shape index (κ2) is 26.9. The number of anilines is 2. The van der Waals surface area contributed by atoms with Crippen molar-refractivity contribution < 1.29 is 47.4 Å². The predicted octanol–water partition coefficient (Wildman–Crippen LogP) is 4.66. The van der Waals surface area contributed by atoms with Crippen LogP contribution >= 0.6 is 11.6 Å². The lowest BCUT2D eigenvalue weighted by atomic mass is 9.89. The van der Waals surface area contributed by atoms with Crippen LogP contribution in [0.4, 0.5) is 11.6 Å². The highest BCUT2D eigenvalue weighted by Gasteiger charge is 2.42. The van der Waals surface area contributed by atoms with Gasteiger partial charge < -0.3 is 52.7 Å². The molecule has 1 saturated carbocycles. The molecule has 358 valence electrons. The Morgan fingerprint density at radius 2 is 1.29 bits per heavy atom. The Kier molecular flexibility index (Phi) is 20.2. The molecule has 2 saturated heterocycles. The van der Waals surface area contributed by atoms with Gasteiger partial charge in [0.05, 0.1) is 123 Å². The molecule has 20 nitrogen and oxygen atoms in total. The van der Waals surface area contributed by atoms with Crippen molar-refractivity contribution in [3.8, 4) is 22.8 Å². The van der Waals surface area contributed by atoms with Gasteiger partial charge in [0.1, 0.15) is 30.5 Å². The molecule has 1 aliphatic carbocycles. The van der Waals surface area contributed by atoms with Crippen LogP contribution in [0.3, 0.4) is 0 Å². The van der Waals surface area contributed by atoms with Gasteiger partial charge in [-0.1, -0.05) is 17.7 Å². The number of halogens is 1. The van der Waals surface area contributed by atoms with Crippen molar-refractivity contribution in [3.05, 3.63) is 48.1 Å². The van der Waals surface area contributed by atoms with E-state index >= 15 is 0 Å². The SMILES string of the molecule is COCCOCCOCCOCCOCCOCCOCCOc1nn([C@H]2CC[C@H](N3[C@@H]4CC[C@H]3COC4)CC2)cc1Nc1ncc(-c2ccc(Cl)c(O[C@@H](C)Cn3cnnn3)c2)cn1. The number of methoxy groups -OCH3 is 1. The summed E-state index contributed by atoms with van der Waals surface area (Å²) < 4.78 is 60.2. The first-order valence-corrected chi connectivity index (χ1v) is 23.2. The molecule has 7 rings (SSSR count). The number of morpholine rings is 1. The Balaban J connectivity index is 0.845. The zero-order valence-electron chi connectivity index (χ0n) is 37.7. The molecule has 5 heterocycles. The summed E-state index contributed by atoms with van der Waals surface area (Å²) in [7, 11) is 1.65. The van der Waals surface area contributed by atoms with Crippen LogP contribution in [0.15, 0.2) is 43.1 Å². The van der Waals surface area contributed by atoms with Gasteiger partial charge in [-0.05, 0) is 73.6 Å². The van der Waals surface area contributed by atoms with E-state index in [0.717, 1.165) is 50.0 Å². The Morgan fingerprint density at radius 3 is 1.88 bits per heavy atom. The van der Waals surface area contributed by atoms with Gasteiger partial charge in [-0.2, -0.15) is 0 Å². The summed E-state index contributed by atoms with van der Waals surface area (Å²) in [6.45, 7) is 10.9. The average Bonchev–Trinajstić information content (AvgIpc) is 4.05. The van der Waals surface area contributed by atoms with Crippen molar-refractivity contribution in [3.63, 3.8) is 0 Å². The Hall–Kier alpha value is -4.09. The van der Waals surface area contributed by atoms with E-state index in [1.807, 2.05) is 29.9 Å². The highest BCUT2D eigenvalue weighted by atomic mass is 35.5. The van der Waals surface area contributed by atoms with E-state index in [-0.39, 0.29) is 12.1 Å². The van der Waals surface area contributed by atoms with E-state index in [1.165, 1.54) is 12.8 Å². The maximum absolute atomic E-state index is 6.51. The third-order valence-electron chi connectivity index (χ3n) is 11.5. The summed E-state index contributed by atoms with van der Waals surface area (Å²) in [5.74, 6) is 1.43. The fourth-order valence-electron chi connectivity index (χ4n) is 8.39. The molecule has 1 aromatic carbocycles. The molecule has 65 heavy (non-hydrogen) atoms. The standard InChI is InChI=1S/C44H65ClN10O10/c1-33(28-53-32-48-51-52-53)65-42-25-34(3-10-40(42)45)35-26-46-44(47-27-35)49-41-29-54(36-4-6-37(7-5-36)55-38-8-9-39(55)31-63-30-38)50-43(41)64-24-23-62-22-21-61-20-19-60-18-17-59-16-15-58-14-13-57-12-11-56-2/h3,10,25-27,29,32-33,36-39H,4-9,11-24,28,30-31H2,1-2H3,(H,46,47,49)/t33-,36-,37-,38-,39+/m0/s1. The lowest BCUT2D eigenvalue weighted by molar-refractivity contribution is -0.0458. The van der Waals surface area contributed by atoms with Crippen LogP contribution in [0.1, 0.15) is 51.5 Å². The van der Waals surface area contributed by atoms with Crippen molar-refractivity contribution in [2.75, 3.05) is 118 Å². The van der Waals surface area contributed by atoms with Gasteiger partial charge in [0.25, 0.3) is 5.88 Å². The molecule has 1 N–H and O–H groups in total. The first-order chi connectivity index (χ1) is 32.0. The Morgan fingerprint density at radius 1 is 0.723 bits per heavy atom. The second-order valence-electron chi connectivity index (χ2n) is 16.2. The number of benzene rings is 1. The highest BCUT2D eigenvalue weighted by molar-refractivity contribution is 6.32. The molecule has 21 heteroatoms. The summed E-state index contributed by atoms with van der Waals surface area (Å²) in [6.07, 6.45) is 13.7. The maximum Gasteiger partial charge on any atom is 0.257 e. The fraction of sp³-hybridized carbons (Fsp3) is 0.682. The predicted molar refractivity (Wildman–Crippen MR) is 239 cm³/mol. The fourth-order valence-corrected chi connectivity index (χ4v) is 8.55. The molecule has 0 spiro atoms. The number of fused-ring (bicyclic) bond motifs is 2. The van der Waals surface area contributed by atoms with Gasteiger partial charge in [-0.15, -0.1) is 10.2 Å². The van der Waals surface area contributed by atoms with E-state index in [2.05, 4.69) is 35.7 Å². The summed E-state index contributed by atoms with van der Waals surface area (Å²) in [6, 6.07) is 7.57. The van der Waals surface area contributed by atoms with Gasteiger partial charge in [-0.25, -0.2) is 14.6 Å². The highest BCUT2D eigenvalue weighted by Crippen LogP contribution is 2.40. The Bertz CT molecular complexity index is 1910. The lowest BCUT2D eigenvalue weighted by Gasteiger charge is -2.43. The molecule has 3 aliphatic rings. The number of hydrogen-bond donors (Lipinski definition) is 1. The van der Waals surface area contributed by atoms with Gasteiger partial charge >= 0.3 is 0 Å². The molecular weight excluding hydrogens is 864 g/mol. The minimum Gasteiger partial charge on any atom is -0.487 e. The molecule has 3 aromatic heterocycles. The van der Waals surface area contributed by atoms with Gasteiger partial charge in [0.2, 0.25) is 5.95 Å². The summed E-state index contributed by atoms with van der Waals surface area (Å²) in [5, 5.41) is 20.1. The Labute approximate surface area is 385 Å². The van der Waals surface area contributed by atoms with Crippen molar-refractivity contribution in [2.45, 2.75) is 82.3 Å². The first kappa shape index (κ1) is 48.8. The number of nitrogens with zero attached hydrogens (tertiary/aromatic N) is 9. The van der Waals surface area contributed by atoms with Gasteiger partial charge in [-0.3, -0.25) is 9.58 Å². The largest absolute Gasteiger partial charge is 0.487 e. The van der Waals surface area contributed by atoms with Crippen LogP contribution in [0.2, 0.25) is 5.02 Å². The summed E-state index contributed by atoms with van der Waals surface area (Å²) >= 11 is 6.51. The van der Waals surface area contributed by atoms with Crippen molar-refractivity contribution >= 4 is 23.2 Å². The van der Waals surface area contributed by atoms with Crippen LogP contribution in [0, 0.1) is 0 Å². The molecule has 0 radical (unpaired) electrons. The number of aromatic nitrogens is 8. The van der Waals surface area contributed by atoms with Crippen LogP contribution in [0.25, 0.3) is 11.1 Å². The van der Waals surface area contributed by atoms with Gasteiger partial charge in [0.15, 0.2) is 0 Å². The van der Waals surface area contributed by atoms with Crippen LogP contribution < -0.4 is 14.8 Å². The minimum atomic E-state index is -0.226. The van der Waals surface area contributed by atoms with Crippen LogP contribution in [-0.4, -0.2) is 182 Å². The zero-order valence-corrected chi connectivity index (χ0v) is 38.4. The molecule has 0 amide bonds. The van der Waals surface area contributed by atoms with E-state index in [4.69, 9.17) is 64.1 Å². The third kappa shape index (κ3) is 15.5. The molecule has 3 atom stereocenters. The number of ether oxygens (including phenoxy) is 10. The normalized spacial score (nSPS) is 20.3. The molecule has 0 unspecified atom stereocenters. The average molecular weight is 930 g/mol. The van der Waals surface area contributed by atoms with E-state index in [9.17, 15) is 0 Å². The quantitative estimate of drug-likeness (QED) is 0.0684. The topological polar surface area (TPSA) is 195 Å². The minimum absolute atomic E-state index is 0.226.